The van der Waals surface area contributed by atoms with Crippen molar-refractivity contribution in [2.45, 2.75) is 62.7 Å². The molecule has 5 nitrogen and oxygen atoms in total. The van der Waals surface area contributed by atoms with Crippen LogP contribution >= 0.6 is 15.9 Å². The SMILES string of the molecule is CC(C)[C@H](NS(=O)(=O)c1ccc(Br)cc1)C(=O)N[C@@H]1CCC[C@@H](C(F)(F)F)C1. The molecule has 1 fully saturated rings. The average molecular weight is 485 g/mol. The van der Waals surface area contributed by atoms with Crippen LogP contribution in [0.3, 0.4) is 0 Å². The van der Waals surface area contributed by atoms with Crippen LogP contribution in [0.1, 0.15) is 39.5 Å². The van der Waals surface area contributed by atoms with Gasteiger partial charge in [-0.2, -0.15) is 17.9 Å². The molecule has 28 heavy (non-hydrogen) atoms. The van der Waals surface area contributed by atoms with Crippen LogP contribution in [0.15, 0.2) is 33.6 Å². The zero-order valence-corrected chi connectivity index (χ0v) is 18.0. The van der Waals surface area contributed by atoms with Gasteiger partial charge in [0.15, 0.2) is 0 Å². The van der Waals surface area contributed by atoms with Crippen molar-refractivity contribution in [3.05, 3.63) is 28.7 Å². The fraction of sp³-hybridized carbons (Fsp3) is 0.611. The first-order valence-electron chi connectivity index (χ1n) is 9.05. The summed E-state index contributed by atoms with van der Waals surface area (Å²) in [5.41, 5.74) is 0. The van der Waals surface area contributed by atoms with E-state index in [2.05, 4.69) is 26.0 Å². The summed E-state index contributed by atoms with van der Waals surface area (Å²) in [7, 11) is -3.95. The van der Waals surface area contributed by atoms with Gasteiger partial charge in [0.1, 0.15) is 6.04 Å². The van der Waals surface area contributed by atoms with Gasteiger partial charge in [-0.15, -0.1) is 0 Å². The van der Waals surface area contributed by atoms with Crippen LogP contribution in [0.5, 0.6) is 0 Å². The van der Waals surface area contributed by atoms with Crippen molar-refractivity contribution < 1.29 is 26.4 Å². The molecule has 1 aromatic rings. The standard InChI is InChI=1S/C18H24BrF3N2O3S/c1-11(2)16(24-28(26,27)15-8-6-13(19)7-9-15)17(25)23-14-5-3-4-12(10-14)18(20,21)22/h6-9,11-12,14,16,24H,3-5,10H2,1-2H3,(H,23,25)/t12-,14-,16+/m1/s1. The summed E-state index contributed by atoms with van der Waals surface area (Å²) in [5.74, 6) is -2.43. The third-order valence-electron chi connectivity index (χ3n) is 4.84. The Kier molecular flexibility index (Phi) is 7.55. The lowest BCUT2D eigenvalue weighted by atomic mass is 9.85. The molecule has 1 aliphatic rings. The number of nitrogens with one attached hydrogen (secondary N) is 2. The van der Waals surface area contributed by atoms with Crippen LogP contribution in [0.25, 0.3) is 0 Å². The summed E-state index contributed by atoms with van der Waals surface area (Å²) in [4.78, 5) is 12.6. The van der Waals surface area contributed by atoms with Gasteiger partial charge in [-0.1, -0.05) is 36.2 Å². The van der Waals surface area contributed by atoms with Crippen LogP contribution in [0.2, 0.25) is 0 Å². The molecule has 0 aliphatic heterocycles. The van der Waals surface area contributed by atoms with Gasteiger partial charge in [0.2, 0.25) is 15.9 Å². The summed E-state index contributed by atoms with van der Waals surface area (Å²) >= 11 is 3.22. The van der Waals surface area contributed by atoms with E-state index in [1.165, 1.54) is 12.1 Å². The lowest BCUT2D eigenvalue weighted by Crippen LogP contribution is -2.53. The van der Waals surface area contributed by atoms with E-state index in [1.807, 2.05) is 0 Å². The zero-order chi connectivity index (χ0) is 21.1. The number of hydrogen-bond donors (Lipinski definition) is 2. The van der Waals surface area contributed by atoms with Gasteiger partial charge >= 0.3 is 6.18 Å². The fourth-order valence-electron chi connectivity index (χ4n) is 3.25. The fourth-order valence-corrected chi connectivity index (χ4v) is 4.86. The Morgan fingerprint density at radius 2 is 1.79 bits per heavy atom. The van der Waals surface area contributed by atoms with E-state index in [1.54, 1.807) is 26.0 Å². The minimum absolute atomic E-state index is 0.00366. The highest BCUT2D eigenvalue weighted by Crippen LogP contribution is 2.37. The van der Waals surface area contributed by atoms with Crippen LogP contribution in [0, 0.1) is 11.8 Å². The molecule has 2 N–H and O–H groups in total. The van der Waals surface area contributed by atoms with E-state index < -0.39 is 40.1 Å². The molecule has 10 heteroatoms. The minimum atomic E-state index is -4.29. The number of benzene rings is 1. The van der Waals surface area contributed by atoms with E-state index in [4.69, 9.17) is 0 Å². The van der Waals surface area contributed by atoms with Crippen molar-refractivity contribution in [1.29, 1.82) is 0 Å². The molecular weight excluding hydrogens is 461 g/mol. The van der Waals surface area contributed by atoms with Gasteiger partial charge in [0.05, 0.1) is 10.8 Å². The number of halogens is 4. The number of carbonyl (C=O) groups is 1. The van der Waals surface area contributed by atoms with Crippen molar-refractivity contribution in [2.24, 2.45) is 11.8 Å². The number of carbonyl (C=O) groups excluding carboxylic acids is 1. The largest absolute Gasteiger partial charge is 0.391 e. The average Bonchev–Trinajstić information content (AvgIpc) is 2.59. The molecule has 0 radical (unpaired) electrons. The maximum absolute atomic E-state index is 13.0. The third kappa shape index (κ3) is 6.18. The molecule has 1 amide bonds. The second-order valence-electron chi connectivity index (χ2n) is 7.41. The van der Waals surface area contributed by atoms with Gasteiger partial charge in [-0.25, -0.2) is 8.42 Å². The molecule has 0 saturated heterocycles. The highest BCUT2D eigenvalue weighted by Gasteiger charge is 2.42. The third-order valence-corrected chi connectivity index (χ3v) is 6.82. The van der Waals surface area contributed by atoms with E-state index in [0.29, 0.717) is 17.3 Å². The first-order valence-corrected chi connectivity index (χ1v) is 11.3. The second kappa shape index (κ2) is 9.13. The Hall–Kier alpha value is -1.13. The predicted molar refractivity (Wildman–Crippen MR) is 103 cm³/mol. The second-order valence-corrected chi connectivity index (χ2v) is 10.0. The van der Waals surface area contributed by atoms with Crippen molar-refractivity contribution in [1.82, 2.24) is 10.0 Å². The molecule has 0 spiro atoms. The van der Waals surface area contributed by atoms with Gasteiger partial charge < -0.3 is 5.32 Å². The Morgan fingerprint density at radius 3 is 2.32 bits per heavy atom. The summed E-state index contributed by atoms with van der Waals surface area (Å²) in [6.45, 7) is 3.35. The Labute approximate surface area is 171 Å². The van der Waals surface area contributed by atoms with E-state index >= 15 is 0 Å². The summed E-state index contributed by atoms with van der Waals surface area (Å²) in [6, 6.07) is 4.23. The molecule has 0 aromatic heterocycles. The van der Waals surface area contributed by atoms with Crippen LogP contribution < -0.4 is 10.0 Å². The zero-order valence-electron chi connectivity index (χ0n) is 15.6. The van der Waals surface area contributed by atoms with Gasteiger partial charge in [-0.05, 0) is 49.4 Å². The topological polar surface area (TPSA) is 75.3 Å². The molecule has 1 aliphatic carbocycles. The molecule has 1 aromatic carbocycles. The first kappa shape index (κ1) is 23.2. The maximum Gasteiger partial charge on any atom is 0.391 e. The number of sulfonamides is 1. The molecule has 3 atom stereocenters. The Bertz CT molecular complexity index is 782. The number of rotatable bonds is 6. The Balaban J connectivity index is 2.08. The van der Waals surface area contributed by atoms with Crippen molar-refractivity contribution in [3.8, 4) is 0 Å². The van der Waals surface area contributed by atoms with Gasteiger partial charge in [-0.3, -0.25) is 4.79 Å². The van der Waals surface area contributed by atoms with Crippen LogP contribution in [0.4, 0.5) is 13.2 Å². The lowest BCUT2D eigenvalue weighted by molar-refractivity contribution is -0.184. The quantitative estimate of drug-likeness (QED) is 0.640. The summed E-state index contributed by atoms with van der Waals surface area (Å²) < 4.78 is 67.2. The van der Waals surface area contributed by atoms with E-state index in [-0.39, 0.29) is 23.7 Å². The number of hydrogen-bond acceptors (Lipinski definition) is 3. The molecule has 0 heterocycles. The number of alkyl halides is 3. The minimum Gasteiger partial charge on any atom is -0.352 e. The number of amides is 1. The first-order chi connectivity index (χ1) is 12.9. The van der Waals surface area contributed by atoms with Crippen LogP contribution in [-0.2, 0) is 14.8 Å². The summed E-state index contributed by atoms with van der Waals surface area (Å²) in [6.07, 6.45) is -3.60. The molecule has 2 rings (SSSR count). The van der Waals surface area contributed by atoms with E-state index in [9.17, 15) is 26.4 Å². The highest BCUT2D eigenvalue weighted by atomic mass is 79.9. The van der Waals surface area contributed by atoms with E-state index in [0.717, 1.165) is 0 Å². The highest BCUT2D eigenvalue weighted by molar-refractivity contribution is 9.10. The molecule has 158 valence electrons. The van der Waals surface area contributed by atoms with Gasteiger partial charge in [0.25, 0.3) is 0 Å². The monoisotopic (exact) mass is 484 g/mol. The van der Waals surface area contributed by atoms with Crippen LogP contribution in [-0.4, -0.2) is 32.6 Å². The van der Waals surface area contributed by atoms with Gasteiger partial charge in [0, 0.05) is 10.5 Å². The Morgan fingerprint density at radius 1 is 1.18 bits per heavy atom. The maximum atomic E-state index is 13.0. The lowest BCUT2D eigenvalue weighted by Gasteiger charge is -2.32. The van der Waals surface area contributed by atoms with Crippen molar-refractivity contribution in [3.63, 3.8) is 0 Å². The predicted octanol–water partition coefficient (Wildman–Crippen LogP) is 3.99. The summed E-state index contributed by atoms with van der Waals surface area (Å²) in [5, 5.41) is 2.61. The van der Waals surface area contributed by atoms with Crippen molar-refractivity contribution in [2.75, 3.05) is 0 Å². The molecular formula is C18H24BrF3N2O3S. The van der Waals surface area contributed by atoms with Crippen molar-refractivity contribution >= 4 is 31.9 Å². The molecule has 0 unspecified atom stereocenters. The molecule has 0 bridgehead atoms. The molecule has 1 saturated carbocycles. The smallest absolute Gasteiger partial charge is 0.352 e. The normalized spacial score (nSPS) is 22.1.